The lowest BCUT2D eigenvalue weighted by Crippen LogP contribution is -2.37. The Bertz CT molecular complexity index is 1450. The molecule has 1 saturated carbocycles. The van der Waals surface area contributed by atoms with Gasteiger partial charge in [0.2, 0.25) is 6.41 Å². The average Bonchev–Trinajstić information content (AvgIpc) is 3.43. The molecule has 2 aliphatic rings. The third-order valence-corrected chi connectivity index (χ3v) is 7.19. The van der Waals surface area contributed by atoms with Gasteiger partial charge in [-0.05, 0) is 75.9 Å². The predicted molar refractivity (Wildman–Crippen MR) is 141 cm³/mol. The Labute approximate surface area is 220 Å². The Morgan fingerprint density at radius 2 is 1.89 bits per heavy atom. The Hall–Kier alpha value is -3.79. The van der Waals surface area contributed by atoms with E-state index in [9.17, 15) is 9.18 Å². The smallest absolute Gasteiger partial charge is 0.207 e. The van der Waals surface area contributed by atoms with Crippen molar-refractivity contribution in [2.24, 2.45) is 0 Å². The minimum absolute atomic E-state index is 0.236. The van der Waals surface area contributed by atoms with Gasteiger partial charge in [0.15, 0.2) is 0 Å². The van der Waals surface area contributed by atoms with Crippen molar-refractivity contribution in [2.45, 2.75) is 51.2 Å². The lowest BCUT2D eigenvalue weighted by atomic mass is 9.87. The number of alkyl halides is 1. The van der Waals surface area contributed by atoms with Crippen molar-refractivity contribution in [1.29, 1.82) is 0 Å². The van der Waals surface area contributed by atoms with Crippen LogP contribution in [0.3, 0.4) is 0 Å². The minimum atomic E-state index is -1.46. The fourth-order valence-corrected chi connectivity index (χ4v) is 4.76. The summed E-state index contributed by atoms with van der Waals surface area (Å²) in [6, 6.07) is 5.60. The van der Waals surface area contributed by atoms with Gasteiger partial charge in [-0.15, -0.1) is 0 Å². The number of amides is 1. The fourth-order valence-electron chi connectivity index (χ4n) is 4.76. The number of carbonyl (C=O) groups excluding carboxylic acids is 1. The third-order valence-electron chi connectivity index (χ3n) is 7.19. The van der Waals surface area contributed by atoms with Gasteiger partial charge in [0.1, 0.15) is 22.9 Å². The van der Waals surface area contributed by atoms with Gasteiger partial charge < -0.3 is 15.4 Å². The van der Waals surface area contributed by atoms with Crippen molar-refractivity contribution in [2.75, 3.05) is 20.2 Å². The molecule has 8 nitrogen and oxygen atoms in total. The number of carbonyl (C=O) groups is 1. The van der Waals surface area contributed by atoms with Crippen molar-refractivity contribution >= 4 is 12.1 Å². The SMILES string of the molecule is COc1cc2ncc(-c3cnn(-c4cc(C)c(F)cc4C)c3)n2cc1C1(F)CCNCC1.O=CNC1CC1. The van der Waals surface area contributed by atoms with Gasteiger partial charge >= 0.3 is 0 Å². The van der Waals surface area contributed by atoms with Crippen LogP contribution in [0.25, 0.3) is 22.6 Å². The maximum atomic E-state index is 15.9. The van der Waals surface area contributed by atoms with E-state index in [0.29, 0.717) is 54.5 Å². The van der Waals surface area contributed by atoms with Gasteiger partial charge in [-0.2, -0.15) is 5.10 Å². The molecule has 38 heavy (non-hydrogen) atoms. The van der Waals surface area contributed by atoms with Crippen molar-refractivity contribution in [1.82, 2.24) is 29.8 Å². The van der Waals surface area contributed by atoms with Crippen LogP contribution < -0.4 is 15.4 Å². The van der Waals surface area contributed by atoms with Gasteiger partial charge in [0.05, 0.1) is 30.9 Å². The van der Waals surface area contributed by atoms with Gasteiger partial charge in [0.25, 0.3) is 0 Å². The highest BCUT2D eigenvalue weighted by atomic mass is 19.1. The standard InChI is InChI=1S/C24H25F2N5O.C4H7NO/c1-15-9-20(16(2)8-19(15)25)31-13-17(11-29-31)21-12-28-23-10-22(32-3)18(14-30(21)23)24(26)4-6-27-7-5-24;6-3-5-4-1-2-4/h8-14,27H,4-7H2,1-3H3;3-4H,1-2H2,(H,5,6). The normalized spacial score (nSPS) is 16.6. The maximum Gasteiger partial charge on any atom is 0.207 e. The molecule has 200 valence electrons. The van der Waals surface area contributed by atoms with Gasteiger partial charge in [-0.1, -0.05) is 0 Å². The first kappa shape index (κ1) is 25.8. The summed E-state index contributed by atoms with van der Waals surface area (Å²) in [5, 5.41) is 10.3. The van der Waals surface area contributed by atoms with Crippen LogP contribution in [0.1, 0.15) is 42.4 Å². The molecule has 10 heteroatoms. The molecule has 6 rings (SSSR count). The van der Waals surface area contributed by atoms with Crippen LogP contribution in [0.15, 0.2) is 43.0 Å². The van der Waals surface area contributed by atoms with Crippen LogP contribution in [0.4, 0.5) is 8.78 Å². The van der Waals surface area contributed by atoms with E-state index in [-0.39, 0.29) is 5.82 Å². The second-order valence-corrected chi connectivity index (χ2v) is 9.96. The summed E-state index contributed by atoms with van der Waals surface area (Å²) < 4.78 is 38.9. The number of piperidine rings is 1. The average molecular weight is 523 g/mol. The van der Waals surface area contributed by atoms with Crippen LogP contribution in [0.2, 0.25) is 0 Å². The number of hydrogen-bond donors (Lipinski definition) is 2. The number of aryl methyl sites for hydroxylation is 2. The van der Waals surface area contributed by atoms with Crippen molar-refractivity contribution < 1.29 is 18.3 Å². The number of fused-ring (bicyclic) bond motifs is 1. The molecule has 1 amide bonds. The topological polar surface area (TPSA) is 85.5 Å². The van der Waals surface area contributed by atoms with Crippen LogP contribution in [0, 0.1) is 19.7 Å². The summed E-state index contributed by atoms with van der Waals surface area (Å²) in [6.45, 7) is 4.83. The molecule has 3 aromatic heterocycles. The largest absolute Gasteiger partial charge is 0.496 e. The zero-order valence-corrected chi connectivity index (χ0v) is 21.8. The zero-order valence-electron chi connectivity index (χ0n) is 21.8. The highest BCUT2D eigenvalue weighted by Gasteiger charge is 2.37. The monoisotopic (exact) mass is 522 g/mol. The van der Waals surface area contributed by atoms with Crippen LogP contribution in [-0.2, 0) is 10.5 Å². The highest BCUT2D eigenvalue weighted by molar-refractivity contribution is 5.65. The van der Waals surface area contributed by atoms with E-state index in [0.717, 1.165) is 28.9 Å². The molecule has 0 unspecified atom stereocenters. The maximum absolute atomic E-state index is 15.9. The minimum Gasteiger partial charge on any atom is -0.496 e. The van der Waals surface area contributed by atoms with E-state index in [1.165, 1.54) is 18.9 Å². The molecule has 4 aromatic rings. The summed E-state index contributed by atoms with van der Waals surface area (Å²) in [4.78, 5) is 14.0. The van der Waals surface area contributed by atoms with Gasteiger partial charge in [-0.3, -0.25) is 9.20 Å². The summed E-state index contributed by atoms with van der Waals surface area (Å²) >= 11 is 0. The van der Waals surface area contributed by atoms with Crippen LogP contribution in [0.5, 0.6) is 5.75 Å². The second-order valence-electron chi connectivity index (χ2n) is 9.96. The molecule has 0 bridgehead atoms. The fraction of sp³-hybridized carbons (Fsp3) is 0.393. The second kappa shape index (κ2) is 10.5. The molecule has 2 fully saturated rings. The number of hydrogen-bond acceptors (Lipinski definition) is 5. The molecule has 1 aliphatic heterocycles. The number of ether oxygens (including phenoxy) is 1. The quantitative estimate of drug-likeness (QED) is 0.367. The third kappa shape index (κ3) is 5.13. The Morgan fingerprint density at radius 1 is 1.13 bits per heavy atom. The lowest BCUT2D eigenvalue weighted by Gasteiger charge is -2.31. The molecule has 2 N–H and O–H groups in total. The first-order valence-corrected chi connectivity index (χ1v) is 12.8. The molecule has 1 aliphatic carbocycles. The van der Waals surface area contributed by atoms with Crippen molar-refractivity contribution in [3.63, 3.8) is 0 Å². The van der Waals surface area contributed by atoms with Gasteiger partial charge in [-0.25, -0.2) is 18.4 Å². The molecule has 1 aromatic carbocycles. The number of nitrogens with zero attached hydrogens (tertiary/aromatic N) is 4. The van der Waals surface area contributed by atoms with E-state index >= 15 is 4.39 Å². The lowest BCUT2D eigenvalue weighted by molar-refractivity contribution is -0.109. The number of benzene rings is 1. The van der Waals surface area contributed by atoms with Crippen LogP contribution in [-0.4, -0.2) is 51.8 Å². The number of methoxy groups -OCH3 is 1. The zero-order chi connectivity index (χ0) is 26.9. The molecule has 4 heterocycles. The Balaban J connectivity index is 0.000000433. The number of aromatic nitrogens is 4. The first-order chi connectivity index (χ1) is 18.3. The Kier molecular flexibility index (Phi) is 7.16. The molecule has 0 radical (unpaired) electrons. The van der Waals surface area contributed by atoms with E-state index < -0.39 is 5.67 Å². The number of pyridine rings is 1. The first-order valence-electron chi connectivity index (χ1n) is 12.8. The number of halogens is 2. The predicted octanol–water partition coefficient (Wildman–Crippen LogP) is 4.39. The molecular weight excluding hydrogens is 490 g/mol. The number of imidazole rings is 1. The number of rotatable bonds is 6. The van der Waals surface area contributed by atoms with E-state index in [4.69, 9.17) is 4.74 Å². The van der Waals surface area contributed by atoms with Gasteiger partial charge in [0, 0.05) is 35.6 Å². The molecule has 1 saturated heterocycles. The summed E-state index contributed by atoms with van der Waals surface area (Å²) in [6.07, 6.45) is 11.1. The summed E-state index contributed by atoms with van der Waals surface area (Å²) in [7, 11) is 1.56. The number of nitrogens with one attached hydrogen (secondary N) is 2. The van der Waals surface area contributed by atoms with Crippen molar-refractivity contribution in [3.05, 3.63) is 65.5 Å². The molecule has 0 spiro atoms. The summed E-state index contributed by atoms with van der Waals surface area (Å²) in [5.41, 5.74) is 3.52. The van der Waals surface area contributed by atoms with E-state index in [2.05, 4.69) is 20.7 Å². The molecule has 0 atom stereocenters. The van der Waals surface area contributed by atoms with E-state index in [1.54, 1.807) is 49.4 Å². The highest BCUT2D eigenvalue weighted by Crippen LogP contribution is 2.41. The molecular formula is C28H32F2N6O2. The Morgan fingerprint density at radius 3 is 2.55 bits per heavy atom. The van der Waals surface area contributed by atoms with Crippen LogP contribution >= 0.6 is 0 Å². The summed E-state index contributed by atoms with van der Waals surface area (Å²) in [5.74, 6) is 0.270. The van der Waals surface area contributed by atoms with Crippen molar-refractivity contribution in [3.8, 4) is 22.7 Å². The van der Waals surface area contributed by atoms with E-state index in [1.807, 2.05) is 17.5 Å².